The molecule has 2 aromatic rings. The van der Waals surface area contributed by atoms with Gasteiger partial charge in [-0.25, -0.2) is 0 Å². The van der Waals surface area contributed by atoms with Gasteiger partial charge in [-0.3, -0.25) is 0 Å². The molecule has 2 rings (SSSR count). The molecule has 0 amide bonds. The summed E-state index contributed by atoms with van der Waals surface area (Å²) in [4.78, 5) is 0.351. The van der Waals surface area contributed by atoms with Crippen LogP contribution in [0.25, 0.3) is 11.5 Å². The number of aryl methyl sites for hydroxylation is 1. The van der Waals surface area contributed by atoms with Crippen LogP contribution in [0.2, 0.25) is 5.02 Å². The molecule has 0 aliphatic heterocycles. The molecule has 0 spiro atoms. The predicted molar refractivity (Wildman–Crippen MR) is 57.2 cm³/mol. The number of hydrogen-bond donors (Lipinski definition) is 0. The highest BCUT2D eigenvalue weighted by atomic mass is 79.9. The number of nitrogens with zero attached hydrogens (tertiary/aromatic N) is 2. The molecule has 0 unspecified atom stereocenters. The largest absolute Gasteiger partial charge is 0.411 e. The third kappa shape index (κ3) is 1.81. The zero-order valence-electron chi connectivity index (χ0n) is 7.29. The van der Waals surface area contributed by atoms with E-state index >= 15 is 0 Å². The van der Waals surface area contributed by atoms with Crippen LogP contribution in [0.15, 0.2) is 27.4 Å². The lowest BCUT2D eigenvalue weighted by Crippen LogP contribution is -1.81. The highest BCUT2D eigenvalue weighted by Gasteiger charge is 2.10. The molecule has 0 atom stereocenters. The van der Waals surface area contributed by atoms with Gasteiger partial charge in [0.05, 0.1) is 10.6 Å². The van der Waals surface area contributed by atoms with Gasteiger partial charge < -0.3 is 4.42 Å². The number of halogens is 2. The Morgan fingerprint density at radius 3 is 2.71 bits per heavy atom. The van der Waals surface area contributed by atoms with Crippen LogP contribution in [0.3, 0.4) is 0 Å². The first-order chi connectivity index (χ1) is 6.66. The van der Waals surface area contributed by atoms with Crippen molar-refractivity contribution in [3.8, 4) is 11.5 Å². The molecule has 0 N–H and O–H groups in total. The van der Waals surface area contributed by atoms with Crippen molar-refractivity contribution < 1.29 is 4.42 Å². The summed E-state index contributed by atoms with van der Waals surface area (Å²) < 4.78 is 5.20. The number of rotatable bonds is 1. The normalized spacial score (nSPS) is 10.5. The van der Waals surface area contributed by atoms with Gasteiger partial charge in [0.25, 0.3) is 4.80 Å². The Morgan fingerprint density at radius 1 is 1.36 bits per heavy atom. The van der Waals surface area contributed by atoms with Crippen molar-refractivity contribution in [2.75, 3.05) is 0 Å². The molecule has 0 radical (unpaired) electrons. The molecule has 5 heteroatoms. The number of aromatic nitrogens is 2. The maximum atomic E-state index is 6.03. The van der Waals surface area contributed by atoms with E-state index < -0.39 is 0 Å². The zero-order valence-corrected chi connectivity index (χ0v) is 9.63. The van der Waals surface area contributed by atoms with Crippen LogP contribution in [0.1, 0.15) is 5.56 Å². The monoisotopic (exact) mass is 272 g/mol. The average Bonchev–Trinajstić information content (AvgIpc) is 2.51. The van der Waals surface area contributed by atoms with Crippen molar-refractivity contribution in [1.82, 2.24) is 10.2 Å². The minimum Gasteiger partial charge on any atom is -0.411 e. The quantitative estimate of drug-likeness (QED) is 0.798. The molecule has 1 aromatic heterocycles. The van der Waals surface area contributed by atoms with Crippen LogP contribution >= 0.6 is 27.5 Å². The van der Waals surface area contributed by atoms with Gasteiger partial charge in [0.1, 0.15) is 0 Å². The van der Waals surface area contributed by atoms with Crippen LogP contribution in [0.5, 0.6) is 0 Å². The summed E-state index contributed by atoms with van der Waals surface area (Å²) in [6.07, 6.45) is 0. The SMILES string of the molecule is Cc1ccc(-c2nnc(Br)o2)c(Cl)c1. The van der Waals surface area contributed by atoms with Gasteiger partial charge in [-0.15, -0.1) is 10.2 Å². The van der Waals surface area contributed by atoms with Gasteiger partial charge in [0, 0.05) is 15.9 Å². The van der Waals surface area contributed by atoms with Crippen molar-refractivity contribution in [2.45, 2.75) is 6.92 Å². The fourth-order valence-electron chi connectivity index (χ4n) is 1.11. The molecule has 0 aliphatic rings. The smallest absolute Gasteiger partial charge is 0.285 e. The van der Waals surface area contributed by atoms with Crippen molar-refractivity contribution in [1.29, 1.82) is 0 Å². The summed E-state index contributed by atoms with van der Waals surface area (Å²) in [6, 6.07) is 5.66. The summed E-state index contributed by atoms with van der Waals surface area (Å²) >= 11 is 9.12. The fourth-order valence-corrected chi connectivity index (χ4v) is 1.66. The molecule has 1 aromatic carbocycles. The van der Waals surface area contributed by atoms with Gasteiger partial charge in [0.2, 0.25) is 5.89 Å². The lowest BCUT2D eigenvalue weighted by molar-refractivity contribution is 0.540. The van der Waals surface area contributed by atoms with E-state index in [9.17, 15) is 0 Å². The standard InChI is InChI=1S/C9H6BrClN2O/c1-5-2-3-6(7(11)4-5)8-12-13-9(10)14-8/h2-4H,1H3. The third-order valence-electron chi connectivity index (χ3n) is 1.76. The zero-order chi connectivity index (χ0) is 10.1. The molecular formula is C9H6BrClN2O. The summed E-state index contributed by atoms with van der Waals surface area (Å²) in [6.45, 7) is 1.97. The van der Waals surface area contributed by atoms with Crippen LogP contribution < -0.4 is 0 Å². The van der Waals surface area contributed by atoms with Gasteiger partial charge in [-0.1, -0.05) is 17.7 Å². The van der Waals surface area contributed by atoms with Gasteiger partial charge >= 0.3 is 0 Å². The summed E-state index contributed by atoms with van der Waals surface area (Å²) in [5, 5.41) is 8.14. The Hall–Kier alpha value is -0.870. The first-order valence-corrected chi connectivity index (χ1v) is 5.09. The van der Waals surface area contributed by atoms with Gasteiger partial charge in [-0.05, 0) is 24.6 Å². The maximum Gasteiger partial charge on any atom is 0.285 e. The minimum absolute atomic E-state index is 0.351. The molecule has 3 nitrogen and oxygen atoms in total. The van der Waals surface area contributed by atoms with Crippen LogP contribution in [-0.4, -0.2) is 10.2 Å². The molecule has 0 aliphatic carbocycles. The maximum absolute atomic E-state index is 6.03. The van der Waals surface area contributed by atoms with Gasteiger partial charge in [0.15, 0.2) is 0 Å². The van der Waals surface area contributed by atoms with E-state index in [-0.39, 0.29) is 0 Å². The second-order valence-electron chi connectivity index (χ2n) is 2.84. The average molecular weight is 274 g/mol. The predicted octanol–water partition coefficient (Wildman–Crippen LogP) is 3.46. The molecule has 0 saturated heterocycles. The summed E-state index contributed by atoms with van der Waals surface area (Å²) in [5.41, 5.74) is 1.84. The Morgan fingerprint density at radius 2 is 2.14 bits per heavy atom. The number of hydrogen-bond acceptors (Lipinski definition) is 3. The topological polar surface area (TPSA) is 38.9 Å². The van der Waals surface area contributed by atoms with E-state index in [4.69, 9.17) is 16.0 Å². The van der Waals surface area contributed by atoms with Crippen molar-refractivity contribution in [2.24, 2.45) is 0 Å². The van der Waals surface area contributed by atoms with E-state index in [1.54, 1.807) is 0 Å². The lowest BCUT2D eigenvalue weighted by Gasteiger charge is -1.99. The van der Waals surface area contributed by atoms with E-state index in [1.807, 2.05) is 25.1 Å². The molecule has 72 valence electrons. The van der Waals surface area contributed by atoms with Crippen LogP contribution in [0, 0.1) is 6.92 Å². The molecule has 1 heterocycles. The van der Waals surface area contributed by atoms with E-state index in [0.29, 0.717) is 15.7 Å². The lowest BCUT2D eigenvalue weighted by atomic mass is 10.1. The Kier molecular flexibility index (Phi) is 2.56. The van der Waals surface area contributed by atoms with E-state index in [0.717, 1.165) is 11.1 Å². The molecule has 14 heavy (non-hydrogen) atoms. The fraction of sp³-hybridized carbons (Fsp3) is 0.111. The third-order valence-corrected chi connectivity index (χ3v) is 2.39. The second-order valence-corrected chi connectivity index (χ2v) is 3.93. The van der Waals surface area contributed by atoms with E-state index in [2.05, 4.69) is 26.1 Å². The summed E-state index contributed by atoms with van der Waals surface area (Å²) in [7, 11) is 0. The first kappa shape index (κ1) is 9.68. The Bertz CT molecular complexity index is 470. The molecule has 0 saturated carbocycles. The number of benzene rings is 1. The van der Waals surface area contributed by atoms with Crippen molar-refractivity contribution >= 4 is 27.5 Å². The molecule has 0 bridgehead atoms. The highest BCUT2D eigenvalue weighted by molar-refractivity contribution is 9.10. The van der Waals surface area contributed by atoms with E-state index in [1.165, 1.54) is 0 Å². The first-order valence-electron chi connectivity index (χ1n) is 3.92. The van der Waals surface area contributed by atoms with Crippen molar-refractivity contribution in [3.63, 3.8) is 0 Å². The highest BCUT2D eigenvalue weighted by Crippen LogP contribution is 2.28. The van der Waals surface area contributed by atoms with Crippen LogP contribution in [-0.2, 0) is 0 Å². The Balaban J connectivity index is 2.52. The summed E-state index contributed by atoms with van der Waals surface area (Å²) in [5.74, 6) is 0.418. The van der Waals surface area contributed by atoms with Gasteiger partial charge in [-0.2, -0.15) is 0 Å². The minimum atomic E-state index is 0.351. The molecular weight excluding hydrogens is 267 g/mol. The second kappa shape index (κ2) is 3.71. The molecule has 0 fully saturated rings. The van der Waals surface area contributed by atoms with Crippen LogP contribution in [0.4, 0.5) is 0 Å². The Labute approximate surface area is 94.2 Å². The van der Waals surface area contributed by atoms with Crippen molar-refractivity contribution in [3.05, 3.63) is 33.6 Å².